The summed E-state index contributed by atoms with van der Waals surface area (Å²) in [5.41, 5.74) is 3.62. The molecule has 0 bridgehead atoms. The summed E-state index contributed by atoms with van der Waals surface area (Å²) in [4.78, 5) is 23.6. The number of ether oxygens (including phenoxy) is 3. The molecule has 1 N–H and O–H groups in total. The summed E-state index contributed by atoms with van der Waals surface area (Å²) in [6, 6.07) is 9.33. The number of anilines is 1. The third-order valence-corrected chi connectivity index (χ3v) is 5.68. The van der Waals surface area contributed by atoms with Crippen molar-refractivity contribution in [2.24, 2.45) is 5.10 Å². The minimum absolute atomic E-state index is 0.140. The van der Waals surface area contributed by atoms with Gasteiger partial charge in [-0.1, -0.05) is 17.7 Å². The third-order valence-electron chi connectivity index (χ3n) is 4.15. The Bertz CT molecular complexity index is 1140. The Balaban J connectivity index is 2.12. The third kappa shape index (κ3) is 6.59. The minimum Gasteiger partial charge on any atom is -0.493 e. The van der Waals surface area contributed by atoms with E-state index in [1.165, 1.54) is 32.6 Å². The number of hydrogen-bond donors (Lipinski definition) is 1. The normalized spacial score (nSPS) is 11.2. The van der Waals surface area contributed by atoms with Crippen molar-refractivity contribution >= 4 is 45.6 Å². The van der Waals surface area contributed by atoms with E-state index in [0.29, 0.717) is 21.8 Å². The zero-order valence-corrected chi connectivity index (χ0v) is 19.4. The fraction of sp³-hybridized carbons (Fsp3) is 0.250. The number of benzene rings is 2. The van der Waals surface area contributed by atoms with E-state index < -0.39 is 28.6 Å². The molecule has 1 amide bonds. The van der Waals surface area contributed by atoms with Gasteiger partial charge in [-0.25, -0.2) is 18.6 Å². The van der Waals surface area contributed by atoms with Crippen molar-refractivity contribution in [3.05, 3.63) is 52.5 Å². The predicted octanol–water partition coefficient (Wildman–Crippen LogP) is 2.72. The maximum atomic E-state index is 12.3. The molecule has 2 aromatic rings. The number of hydrazone groups is 1. The van der Waals surface area contributed by atoms with Crippen LogP contribution in [0, 0.1) is 6.92 Å². The van der Waals surface area contributed by atoms with Crippen LogP contribution in [-0.2, 0) is 19.6 Å². The Kier molecular flexibility index (Phi) is 8.44. The number of rotatable bonds is 8. The molecular weight excluding hydrogens is 462 g/mol. The maximum absolute atomic E-state index is 12.3. The van der Waals surface area contributed by atoms with Crippen molar-refractivity contribution in [3.63, 3.8) is 0 Å². The van der Waals surface area contributed by atoms with E-state index in [1.807, 2.05) is 0 Å². The summed E-state index contributed by atoms with van der Waals surface area (Å²) in [6.07, 6.45) is 1.41. The molecule has 172 valence electrons. The van der Waals surface area contributed by atoms with Crippen LogP contribution in [0.15, 0.2) is 41.5 Å². The van der Waals surface area contributed by atoms with Gasteiger partial charge in [0.15, 0.2) is 11.5 Å². The van der Waals surface area contributed by atoms with Crippen LogP contribution < -0.4 is 19.2 Å². The fourth-order valence-corrected chi connectivity index (χ4v) is 3.65. The van der Waals surface area contributed by atoms with E-state index in [4.69, 9.17) is 21.1 Å². The van der Waals surface area contributed by atoms with E-state index in [2.05, 4.69) is 15.3 Å². The van der Waals surface area contributed by atoms with Crippen molar-refractivity contribution in [2.45, 2.75) is 6.92 Å². The lowest BCUT2D eigenvalue weighted by Crippen LogP contribution is -2.39. The average Bonchev–Trinajstić information content (AvgIpc) is 2.74. The number of halogens is 1. The molecule has 0 aliphatic carbocycles. The summed E-state index contributed by atoms with van der Waals surface area (Å²) in [6.45, 7) is 1.17. The number of nitrogens with one attached hydrogen (secondary N) is 1. The SMILES string of the molecule is COC(=O)Oc1ccc(/C=N\NC(=O)CN(c2cccc(Cl)c2C)S(C)(=O)=O)cc1OC. The van der Waals surface area contributed by atoms with Gasteiger partial charge in [0, 0.05) is 5.02 Å². The highest BCUT2D eigenvalue weighted by molar-refractivity contribution is 7.92. The minimum atomic E-state index is -3.76. The highest BCUT2D eigenvalue weighted by Gasteiger charge is 2.23. The van der Waals surface area contributed by atoms with Gasteiger partial charge >= 0.3 is 6.16 Å². The lowest BCUT2D eigenvalue weighted by molar-refractivity contribution is -0.119. The van der Waals surface area contributed by atoms with E-state index in [0.717, 1.165) is 10.6 Å². The van der Waals surface area contributed by atoms with E-state index in [1.54, 1.807) is 31.2 Å². The zero-order chi connectivity index (χ0) is 23.9. The van der Waals surface area contributed by atoms with E-state index in [-0.39, 0.29) is 11.5 Å². The highest BCUT2D eigenvalue weighted by Crippen LogP contribution is 2.29. The first kappa shape index (κ1) is 25.0. The van der Waals surface area contributed by atoms with E-state index >= 15 is 0 Å². The van der Waals surface area contributed by atoms with Crippen LogP contribution in [0.1, 0.15) is 11.1 Å². The Morgan fingerprint density at radius 3 is 2.53 bits per heavy atom. The number of carbonyl (C=O) groups excluding carboxylic acids is 2. The lowest BCUT2D eigenvalue weighted by Gasteiger charge is -2.23. The molecular formula is C20H22ClN3O7S. The van der Waals surface area contributed by atoms with Crippen LogP contribution in [0.3, 0.4) is 0 Å². The van der Waals surface area contributed by atoms with Crippen LogP contribution >= 0.6 is 11.6 Å². The topological polar surface area (TPSA) is 124 Å². The van der Waals surface area contributed by atoms with Crippen LogP contribution in [0.25, 0.3) is 0 Å². The second-order valence-electron chi connectivity index (χ2n) is 6.41. The fourth-order valence-electron chi connectivity index (χ4n) is 2.57. The van der Waals surface area contributed by atoms with Crippen molar-refractivity contribution in [2.75, 3.05) is 31.3 Å². The molecule has 2 aromatic carbocycles. The first-order chi connectivity index (χ1) is 15.1. The molecule has 0 saturated heterocycles. The van der Waals surface area contributed by atoms with Crippen molar-refractivity contribution in [1.82, 2.24) is 5.43 Å². The molecule has 0 saturated carbocycles. The van der Waals surface area contributed by atoms with Crippen molar-refractivity contribution in [1.29, 1.82) is 0 Å². The molecule has 0 fully saturated rings. The molecule has 2 rings (SSSR count). The van der Waals surface area contributed by atoms with Crippen LogP contribution in [0.4, 0.5) is 10.5 Å². The summed E-state index contributed by atoms with van der Waals surface area (Å²) < 4.78 is 39.9. The number of methoxy groups -OCH3 is 2. The largest absolute Gasteiger partial charge is 0.513 e. The van der Waals surface area contributed by atoms with Gasteiger partial charge in [0.1, 0.15) is 6.54 Å². The van der Waals surface area contributed by atoms with Gasteiger partial charge in [0.2, 0.25) is 10.0 Å². The summed E-state index contributed by atoms with van der Waals surface area (Å²) in [5.74, 6) is -0.282. The van der Waals surface area contributed by atoms with Crippen LogP contribution in [0.5, 0.6) is 11.5 Å². The van der Waals surface area contributed by atoms with E-state index in [9.17, 15) is 18.0 Å². The average molecular weight is 484 g/mol. The molecule has 0 aliphatic heterocycles. The summed E-state index contributed by atoms with van der Waals surface area (Å²) in [5, 5.41) is 4.21. The van der Waals surface area contributed by atoms with Crippen LogP contribution in [0.2, 0.25) is 5.02 Å². The summed E-state index contributed by atoms with van der Waals surface area (Å²) in [7, 11) is -1.20. The Labute approximate surface area is 190 Å². The summed E-state index contributed by atoms with van der Waals surface area (Å²) >= 11 is 6.08. The second kappa shape index (κ2) is 10.8. The molecule has 0 aliphatic rings. The standard InChI is InChI=1S/C20H22ClN3O7S/c1-13-15(21)6-5-7-16(13)24(32(4,27)28)12-19(25)23-22-11-14-8-9-17(18(10-14)29-2)31-20(26)30-3/h5-11H,12H2,1-4H3,(H,23,25)/b22-11-. The van der Waals surface area contributed by atoms with Gasteiger partial charge in [-0.2, -0.15) is 5.10 Å². The lowest BCUT2D eigenvalue weighted by atomic mass is 10.2. The zero-order valence-electron chi connectivity index (χ0n) is 17.8. The van der Waals surface area contributed by atoms with Crippen molar-refractivity contribution in [3.8, 4) is 11.5 Å². The first-order valence-corrected chi connectivity index (χ1v) is 11.3. The monoisotopic (exact) mass is 483 g/mol. The van der Waals surface area contributed by atoms with Gasteiger partial charge in [-0.3, -0.25) is 9.10 Å². The number of amides is 1. The Morgan fingerprint density at radius 1 is 1.19 bits per heavy atom. The quantitative estimate of drug-likeness (QED) is 0.265. The molecule has 10 nitrogen and oxygen atoms in total. The van der Waals surface area contributed by atoms with Gasteiger partial charge in [0.05, 0.1) is 32.4 Å². The van der Waals surface area contributed by atoms with Crippen LogP contribution in [-0.4, -0.2) is 53.7 Å². The molecule has 0 radical (unpaired) electrons. The molecule has 0 unspecified atom stereocenters. The van der Waals surface area contributed by atoms with Gasteiger partial charge in [-0.05, 0) is 48.4 Å². The molecule has 0 aromatic heterocycles. The van der Waals surface area contributed by atoms with Gasteiger partial charge in [-0.15, -0.1) is 0 Å². The Hall–Kier alpha value is -3.31. The predicted molar refractivity (Wildman–Crippen MR) is 120 cm³/mol. The van der Waals surface area contributed by atoms with Crippen molar-refractivity contribution < 1.29 is 32.2 Å². The number of sulfonamides is 1. The van der Waals surface area contributed by atoms with Gasteiger partial charge < -0.3 is 14.2 Å². The number of carbonyl (C=O) groups is 2. The van der Waals surface area contributed by atoms with Gasteiger partial charge in [0.25, 0.3) is 5.91 Å². The smallest absolute Gasteiger partial charge is 0.493 e. The number of hydrogen-bond acceptors (Lipinski definition) is 8. The molecule has 0 atom stereocenters. The molecule has 32 heavy (non-hydrogen) atoms. The Morgan fingerprint density at radius 2 is 1.91 bits per heavy atom. The molecule has 12 heteroatoms. The highest BCUT2D eigenvalue weighted by atomic mass is 35.5. The molecule has 0 heterocycles. The number of nitrogens with zero attached hydrogens (tertiary/aromatic N) is 2. The molecule has 0 spiro atoms. The second-order valence-corrected chi connectivity index (χ2v) is 8.73. The maximum Gasteiger partial charge on any atom is 0.513 e. The first-order valence-electron chi connectivity index (χ1n) is 9.05.